The van der Waals surface area contributed by atoms with E-state index >= 15 is 0 Å². The van der Waals surface area contributed by atoms with Gasteiger partial charge in [0.1, 0.15) is 0 Å². The normalized spacial score (nSPS) is 10.7. The molecule has 21 heavy (non-hydrogen) atoms. The Kier molecular flexibility index (Phi) is 7.75. The van der Waals surface area contributed by atoms with Crippen LogP contribution in [0.2, 0.25) is 0 Å². The van der Waals surface area contributed by atoms with E-state index in [1.165, 1.54) is 6.07 Å². The van der Waals surface area contributed by atoms with Crippen molar-refractivity contribution in [1.29, 1.82) is 0 Å². The van der Waals surface area contributed by atoms with Crippen molar-refractivity contribution in [2.24, 2.45) is 0 Å². The quantitative estimate of drug-likeness (QED) is 0.689. The Morgan fingerprint density at radius 1 is 1.38 bits per heavy atom. The molecule has 0 heterocycles. The topological polar surface area (TPSA) is 50.4 Å². The minimum atomic E-state index is -0.445. The van der Waals surface area contributed by atoms with Crippen LogP contribution in [0.25, 0.3) is 0 Å². The van der Waals surface area contributed by atoms with E-state index in [0.717, 1.165) is 12.8 Å². The average Bonchev–Trinajstić information content (AvgIpc) is 2.44. The number of halogens is 1. The molecule has 0 saturated carbocycles. The summed E-state index contributed by atoms with van der Waals surface area (Å²) >= 11 is 0. The minimum absolute atomic E-state index is 0.149. The number of ether oxygens (including phenoxy) is 1. The van der Waals surface area contributed by atoms with Gasteiger partial charge in [0.25, 0.3) is 5.91 Å². The van der Waals surface area contributed by atoms with Gasteiger partial charge in [0.2, 0.25) is 0 Å². The first-order chi connectivity index (χ1) is 10.0. The molecule has 0 bridgehead atoms. The molecule has 0 atom stereocenters. The van der Waals surface area contributed by atoms with Gasteiger partial charge in [-0.15, -0.1) is 0 Å². The molecule has 0 aliphatic rings. The van der Waals surface area contributed by atoms with Crippen LogP contribution in [0.5, 0.6) is 5.75 Å². The van der Waals surface area contributed by atoms with Crippen molar-refractivity contribution in [2.75, 3.05) is 13.2 Å². The lowest BCUT2D eigenvalue weighted by Crippen LogP contribution is -2.30. The molecule has 0 unspecified atom stereocenters. The molecule has 0 radical (unpaired) electrons. The Labute approximate surface area is 126 Å². The van der Waals surface area contributed by atoms with E-state index in [2.05, 4.69) is 17.6 Å². The standard InChI is InChI=1S/C16H25FN2O2/c1-4-5-9-18-15(20)11-21-16-13(10-19-12(2)3)7-6-8-14(16)17/h6-8,12,19H,4-5,9-11H2,1-3H3,(H,18,20). The van der Waals surface area contributed by atoms with Crippen molar-refractivity contribution in [3.05, 3.63) is 29.6 Å². The van der Waals surface area contributed by atoms with Gasteiger partial charge in [-0.3, -0.25) is 4.79 Å². The molecule has 0 aliphatic heterocycles. The lowest BCUT2D eigenvalue weighted by molar-refractivity contribution is -0.123. The zero-order chi connectivity index (χ0) is 15.7. The molecule has 1 aromatic carbocycles. The van der Waals surface area contributed by atoms with Crippen LogP contribution in [0.4, 0.5) is 4.39 Å². The predicted molar refractivity (Wildman–Crippen MR) is 81.8 cm³/mol. The van der Waals surface area contributed by atoms with Gasteiger partial charge in [-0.1, -0.05) is 39.3 Å². The number of benzene rings is 1. The van der Waals surface area contributed by atoms with Gasteiger partial charge in [-0.05, 0) is 12.5 Å². The second-order valence-corrected chi connectivity index (χ2v) is 5.26. The van der Waals surface area contributed by atoms with Gasteiger partial charge in [-0.2, -0.15) is 0 Å². The fraction of sp³-hybridized carbons (Fsp3) is 0.562. The highest BCUT2D eigenvalue weighted by molar-refractivity contribution is 5.77. The van der Waals surface area contributed by atoms with Crippen LogP contribution in [0.15, 0.2) is 18.2 Å². The fourth-order valence-electron chi connectivity index (χ4n) is 1.76. The highest BCUT2D eigenvalue weighted by Gasteiger charge is 2.12. The smallest absolute Gasteiger partial charge is 0.257 e. The van der Waals surface area contributed by atoms with Crippen molar-refractivity contribution in [1.82, 2.24) is 10.6 Å². The number of hydrogen-bond donors (Lipinski definition) is 2. The van der Waals surface area contributed by atoms with Gasteiger partial charge in [0, 0.05) is 24.7 Å². The second-order valence-electron chi connectivity index (χ2n) is 5.26. The third-order valence-electron chi connectivity index (χ3n) is 2.95. The Balaban J connectivity index is 2.58. The zero-order valence-electron chi connectivity index (χ0n) is 13.0. The number of carbonyl (C=O) groups is 1. The van der Waals surface area contributed by atoms with Crippen molar-refractivity contribution < 1.29 is 13.9 Å². The number of unbranched alkanes of at least 4 members (excludes halogenated alkanes) is 1. The molecule has 0 fully saturated rings. The van der Waals surface area contributed by atoms with E-state index in [-0.39, 0.29) is 18.3 Å². The van der Waals surface area contributed by atoms with Gasteiger partial charge >= 0.3 is 0 Å². The number of rotatable bonds is 9. The molecule has 2 N–H and O–H groups in total. The molecule has 0 saturated heterocycles. The van der Waals surface area contributed by atoms with Gasteiger partial charge in [0.15, 0.2) is 18.2 Å². The molecule has 1 rings (SSSR count). The highest BCUT2D eigenvalue weighted by Crippen LogP contribution is 2.22. The summed E-state index contributed by atoms with van der Waals surface area (Å²) in [5.74, 6) is -0.523. The molecule has 4 nitrogen and oxygen atoms in total. The van der Waals surface area contributed by atoms with Crippen molar-refractivity contribution in [3.63, 3.8) is 0 Å². The maximum atomic E-state index is 13.8. The molecule has 0 aromatic heterocycles. The summed E-state index contributed by atoms with van der Waals surface area (Å²) in [6.45, 7) is 7.04. The van der Waals surface area contributed by atoms with Gasteiger partial charge < -0.3 is 15.4 Å². The van der Waals surface area contributed by atoms with E-state index in [1.54, 1.807) is 12.1 Å². The van der Waals surface area contributed by atoms with Crippen LogP contribution >= 0.6 is 0 Å². The summed E-state index contributed by atoms with van der Waals surface area (Å²) in [6, 6.07) is 5.06. The zero-order valence-corrected chi connectivity index (χ0v) is 13.0. The van der Waals surface area contributed by atoms with E-state index in [9.17, 15) is 9.18 Å². The second kappa shape index (κ2) is 9.34. The molecule has 118 valence electrons. The molecular formula is C16H25FN2O2. The highest BCUT2D eigenvalue weighted by atomic mass is 19.1. The third kappa shape index (κ3) is 6.58. The number of nitrogens with one attached hydrogen (secondary N) is 2. The van der Waals surface area contributed by atoms with Crippen LogP contribution in [0.3, 0.4) is 0 Å². The molecule has 1 aromatic rings. The number of hydrogen-bond acceptors (Lipinski definition) is 3. The first kappa shape index (κ1) is 17.4. The average molecular weight is 296 g/mol. The van der Waals surface area contributed by atoms with E-state index in [0.29, 0.717) is 24.7 Å². The van der Waals surface area contributed by atoms with Gasteiger partial charge in [-0.25, -0.2) is 4.39 Å². The van der Waals surface area contributed by atoms with Gasteiger partial charge in [0.05, 0.1) is 0 Å². The van der Waals surface area contributed by atoms with E-state index < -0.39 is 5.82 Å². The van der Waals surface area contributed by atoms with E-state index in [4.69, 9.17) is 4.74 Å². The van der Waals surface area contributed by atoms with Crippen molar-refractivity contribution in [3.8, 4) is 5.75 Å². The molecule has 5 heteroatoms. The molecule has 0 spiro atoms. The Hall–Kier alpha value is -1.62. The maximum Gasteiger partial charge on any atom is 0.257 e. The first-order valence-corrected chi connectivity index (χ1v) is 7.44. The summed E-state index contributed by atoms with van der Waals surface area (Å²) in [6.07, 6.45) is 1.94. The van der Waals surface area contributed by atoms with E-state index in [1.807, 2.05) is 13.8 Å². The largest absolute Gasteiger partial charge is 0.480 e. The number of carbonyl (C=O) groups excluding carboxylic acids is 1. The van der Waals surface area contributed by atoms with Crippen molar-refractivity contribution in [2.45, 2.75) is 46.2 Å². The maximum absolute atomic E-state index is 13.8. The summed E-state index contributed by atoms with van der Waals surface area (Å²) in [5.41, 5.74) is 0.713. The van der Waals surface area contributed by atoms with Crippen molar-refractivity contribution >= 4 is 5.91 Å². The summed E-state index contributed by atoms with van der Waals surface area (Å²) in [7, 11) is 0. The molecule has 1 amide bonds. The molecular weight excluding hydrogens is 271 g/mol. The SMILES string of the molecule is CCCCNC(=O)COc1c(F)cccc1CNC(C)C. The first-order valence-electron chi connectivity index (χ1n) is 7.44. The minimum Gasteiger partial charge on any atom is -0.480 e. The number of para-hydroxylation sites is 1. The monoisotopic (exact) mass is 296 g/mol. The lowest BCUT2D eigenvalue weighted by atomic mass is 10.2. The Morgan fingerprint density at radius 2 is 2.14 bits per heavy atom. The Bertz CT molecular complexity index is 450. The lowest BCUT2D eigenvalue weighted by Gasteiger charge is -2.14. The van der Waals surface area contributed by atoms with Crippen LogP contribution in [0, 0.1) is 5.82 Å². The number of amides is 1. The van der Waals surface area contributed by atoms with Crippen LogP contribution in [-0.4, -0.2) is 25.1 Å². The predicted octanol–water partition coefficient (Wildman–Crippen LogP) is 2.62. The van der Waals surface area contributed by atoms with Crippen LogP contribution in [0.1, 0.15) is 39.2 Å². The Morgan fingerprint density at radius 3 is 2.81 bits per heavy atom. The summed E-state index contributed by atoms with van der Waals surface area (Å²) in [4.78, 5) is 11.6. The third-order valence-corrected chi connectivity index (χ3v) is 2.95. The van der Waals surface area contributed by atoms with Crippen LogP contribution < -0.4 is 15.4 Å². The van der Waals surface area contributed by atoms with Crippen LogP contribution in [-0.2, 0) is 11.3 Å². The summed E-state index contributed by atoms with van der Waals surface area (Å²) < 4.78 is 19.2. The molecule has 0 aliphatic carbocycles. The fourth-order valence-corrected chi connectivity index (χ4v) is 1.76. The summed E-state index contributed by atoms with van der Waals surface area (Å²) in [5, 5.41) is 5.95.